The first-order chi connectivity index (χ1) is 10.8. The third kappa shape index (κ3) is 5.10. The molecule has 1 amide bonds. The molecule has 1 atom stereocenters. The van der Waals surface area contributed by atoms with Gasteiger partial charge >= 0.3 is 6.09 Å². The first-order valence-electron chi connectivity index (χ1n) is 7.57. The van der Waals surface area contributed by atoms with Gasteiger partial charge in [-0.3, -0.25) is 0 Å². The van der Waals surface area contributed by atoms with E-state index >= 15 is 0 Å². The van der Waals surface area contributed by atoms with Gasteiger partial charge in [0.15, 0.2) is 0 Å². The number of hydrogen-bond acceptors (Lipinski definition) is 2. The van der Waals surface area contributed by atoms with Gasteiger partial charge in [-0.2, -0.15) is 0 Å². The van der Waals surface area contributed by atoms with Gasteiger partial charge in [-0.05, 0) is 50.5 Å². The lowest BCUT2D eigenvalue weighted by atomic mass is 9.98. The van der Waals surface area contributed by atoms with Gasteiger partial charge in [0.25, 0.3) is 0 Å². The Morgan fingerprint density at radius 1 is 1.13 bits per heavy atom. The van der Waals surface area contributed by atoms with Crippen LogP contribution in [-0.4, -0.2) is 11.7 Å². The van der Waals surface area contributed by atoms with Crippen LogP contribution in [0.1, 0.15) is 43.5 Å². The van der Waals surface area contributed by atoms with Crippen molar-refractivity contribution >= 4 is 22.0 Å². The molecule has 1 N–H and O–H groups in total. The maximum Gasteiger partial charge on any atom is 0.408 e. The van der Waals surface area contributed by atoms with E-state index in [1.54, 1.807) is 0 Å². The maximum atomic E-state index is 12.2. The molecule has 0 aliphatic heterocycles. The van der Waals surface area contributed by atoms with Crippen molar-refractivity contribution < 1.29 is 9.53 Å². The minimum absolute atomic E-state index is 0.277. The fourth-order valence-corrected chi connectivity index (χ4v) is 3.00. The van der Waals surface area contributed by atoms with Crippen LogP contribution in [0.3, 0.4) is 0 Å². The number of carbonyl (C=O) groups excluding carboxylic acids is 1. The summed E-state index contributed by atoms with van der Waals surface area (Å²) in [6, 6.07) is 15.7. The van der Waals surface area contributed by atoms with Crippen molar-refractivity contribution in [2.45, 2.75) is 39.3 Å². The minimum atomic E-state index is -0.532. The highest BCUT2D eigenvalue weighted by atomic mass is 79.9. The molecule has 2 rings (SSSR count). The fraction of sp³-hybridized carbons (Fsp3) is 0.316. The number of aryl methyl sites for hydroxylation is 1. The highest BCUT2D eigenvalue weighted by molar-refractivity contribution is 9.10. The van der Waals surface area contributed by atoms with Gasteiger partial charge in [-0.15, -0.1) is 0 Å². The second-order valence-corrected chi connectivity index (χ2v) is 7.37. The molecule has 0 bridgehead atoms. The average molecular weight is 376 g/mol. The molecule has 23 heavy (non-hydrogen) atoms. The Labute approximate surface area is 146 Å². The smallest absolute Gasteiger partial charge is 0.408 e. The van der Waals surface area contributed by atoms with Crippen LogP contribution in [0.25, 0.3) is 0 Å². The second kappa shape index (κ2) is 7.18. The molecule has 0 fully saturated rings. The lowest BCUT2D eigenvalue weighted by molar-refractivity contribution is 0.0512. The number of hydrogen-bond donors (Lipinski definition) is 1. The highest BCUT2D eigenvalue weighted by Crippen LogP contribution is 2.29. The third-order valence-corrected chi connectivity index (χ3v) is 3.95. The van der Waals surface area contributed by atoms with E-state index in [2.05, 4.69) is 21.2 Å². The van der Waals surface area contributed by atoms with Crippen LogP contribution >= 0.6 is 15.9 Å². The van der Waals surface area contributed by atoms with Gasteiger partial charge in [0, 0.05) is 4.47 Å². The van der Waals surface area contributed by atoms with Crippen molar-refractivity contribution in [1.29, 1.82) is 0 Å². The average Bonchev–Trinajstić information content (AvgIpc) is 2.44. The molecular formula is C19H22BrNO2. The molecule has 0 saturated carbocycles. The Morgan fingerprint density at radius 3 is 2.35 bits per heavy atom. The van der Waals surface area contributed by atoms with Gasteiger partial charge in [0.2, 0.25) is 0 Å². The predicted octanol–water partition coefficient (Wildman–Crippen LogP) is 5.37. The Bertz CT molecular complexity index is 678. The first kappa shape index (κ1) is 17.5. The molecule has 0 spiro atoms. The van der Waals surface area contributed by atoms with Gasteiger partial charge in [0.05, 0.1) is 6.04 Å². The Balaban J connectivity index is 2.35. The molecule has 1 unspecified atom stereocenters. The summed E-state index contributed by atoms with van der Waals surface area (Å²) >= 11 is 3.60. The quantitative estimate of drug-likeness (QED) is 0.782. The Morgan fingerprint density at radius 2 is 1.78 bits per heavy atom. The first-order valence-corrected chi connectivity index (χ1v) is 8.36. The van der Waals surface area contributed by atoms with Crippen LogP contribution in [0.15, 0.2) is 53.0 Å². The van der Waals surface area contributed by atoms with E-state index in [9.17, 15) is 4.79 Å². The van der Waals surface area contributed by atoms with Crippen LogP contribution in [-0.2, 0) is 4.74 Å². The predicted molar refractivity (Wildman–Crippen MR) is 96.5 cm³/mol. The van der Waals surface area contributed by atoms with Crippen LogP contribution in [0.2, 0.25) is 0 Å². The summed E-state index contributed by atoms with van der Waals surface area (Å²) in [6.45, 7) is 7.59. The summed E-state index contributed by atoms with van der Waals surface area (Å²) in [5.74, 6) is 0. The Hall–Kier alpha value is -1.81. The number of carbonyl (C=O) groups is 1. The standard InChI is InChI=1S/C19H22BrNO2/c1-13-10-11-15(16(20)12-13)17(14-8-6-5-7-9-14)21-18(22)23-19(2,3)4/h5-12,17H,1-4H3,(H,21,22). The van der Waals surface area contributed by atoms with E-state index in [0.29, 0.717) is 0 Å². The topological polar surface area (TPSA) is 38.3 Å². The van der Waals surface area contributed by atoms with E-state index in [-0.39, 0.29) is 6.04 Å². The zero-order chi connectivity index (χ0) is 17.0. The number of nitrogens with one attached hydrogen (secondary N) is 1. The summed E-state index contributed by atoms with van der Waals surface area (Å²) < 4.78 is 6.37. The van der Waals surface area contributed by atoms with Crippen LogP contribution in [0.4, 0.5) is 4.79 Å². The zero-order valence-corrected chi connectivity index (χ0v) is 15.5. The molecule has 4 heteroatoms. The molecule has 2 aromatic carbocycles. The number of benzene rings is 2. The van der Waals surface area contributed by atoms with Gasteiger partial charge in [0.1, 0.15) is 5.60 Å². The lowest BCUT2D eigenvalue weighted by Crippen LogP contribution is -2.35. The van der Waals surface area contributed by atoms with Crippen LogP contribution in [0.5, 0.6) is 0 Å². The van der Waals surface area contributed by atoms with Gasteiger partial charge in [-0.25, -0.2) is 4.79 Å². The van der Waals surface area contributed by atoms with Crippen molar-refractivity contribution in [2.24, 2.45) is 0 Å². The molecule has 0 aliphatic carbocycles. The fourth-order valence-electron chi connectivity index (χ4n) is 2.28. The van der Waals surface area contributed by atoms with Gasteiger partial charge < -0.3 is 10.1 Å². The number of ether oxygens (including phenoxy) is 1. The molecular weight excluding hydrogens is 354 g/mol. The molecule has 2 aromatic rings. The normalized spacial score (nSPS) is 12.6. The van der Waals surface area contributed by atoms with Crippen molar-refractivity contribution in [1.82, 2.24) is 5.32 Å². The van der Waals surface area contributed by atoms with E-state index in [0.717, 1.165) is 21.2 Å². The minimum Gasteiger partial charge on any atom is -0.444 e. The number of rotatable bonds is 3. The summed E-state index contributed by atoms with van der Waals surface area (Å²) in [5, 5.41) is 2.98. The van der Waals surface area contributed by atoms with Gasteiger partial charge in [-0.1, -0.05) is 58.4 Å². The lowest BCUT2D eigenvalue weighted by Gasteiger charge is -2.25. The number of halogens is 1. The third-order valence-electron chi connectivity index (χ3n) is 3.26. The van der Waals surface area contributed by atoms with E-state index < -0.39 is 11.7 Å². The molecule has 0 aliphatic rings. The van der Waals surface area contributed by atoms with Crippen LogP contribution < -0.4 is 5.32 Å². The largest absolute Gasteiger partial charge is 0.444 e. The second-order valence-electron chi connectivity index (χ2n) is 6.51. The molecule has 0 radical (unpaired) electrons. The highest BCUT2D eigenvalue weighted by Gasteiger charge is 2.23. The molecule has 0 heterocycles. The van der Waals surface area contributed by atoms with Crippen molar-refractivity contribution in [3.63, 3.8) is 0 Å². The number of alkyl carbamates (subject to hydrolysis) is 1. The van der Waals surface area contributed by atoms with E-state index in [4.69, 9.17) is 4.74 Å². The summed E-state index contributed by atoms with van der Waals surface area (Å²) in [7, 11) is 0. The summed E-state index contributed by atoms with van der Waals surface area (Å²) in [5.41, 5.74) is 2.62. The zero-order valence-electron chi connectivity index (χ0n) is 13.9. The van der Waals surface area contributed by atoms with Crippen molar-refractivity contribution in [2.75, 3.05) is 0 Å². The van der Waals surface area contributed by atoms with E-state index in [1.807, 2.05) is 76.2 Å². The molecule has 3 nitrogen and oxygen atoms in total. The summed E-state index contributed by atoms with van der Waals surface area (Å²) in [4.78, 5) is 12.2. The number of amides is 1. The molecule has 122 valence electrons. The monoisotopic (exact) mass is 375 g/mol. The SMILES string of the molecule is Cc1ccc(C(NC(=O)OC(C)(C)C)c2ccccc2)c(Br)c1. The van der Waals surface area contributed by atoms with E-state index in [1.165, 1.54) is 0 Å². The molecule has 0 aromatic heterocycles. The maximum absolute atomic E-state index is 12.2. The van der Waals surface area contributed by atoms with Crippen molar-refractivity contribution in [3.8, 4) is 0 Å². The summed E-state index contributed by atoms with van der Waals surface area (Å²) in [6.07, 6.45) is -0.432. The van der Waals surface area contributed by atoms with Crippen molar-refractivity contribution in [3.05, 3.63) is 69.7 Å². The Kier molecular flexibility index (Phi) is 5.47. The van der Waals surface area contributed by atoms with Crippen LogP contribution in [0, 0.1) is 6.92 Å². The molecule has 0 saturated heterocycles.